The minimum atomic E-state index is -0.272. The fraction of sp³-hybridized carbons (Fsp3) is 0.647. The molecule has 0 aliphatic carbocycles. The maximum atomic E-state index is 6.10. The first-order chi connectivity index (χ1) is 9.89. The predicted octanol–water partition coefficient (Wildman–Crippen LogP) is 2.45. The predicted molar refractivity (Wildman–Crippen MR) is 87.0 cm³/mol. The molecule has 1 N–H and O–H groups in total. The van der Waals surface area contributed by atoms with Gasteiger partial charge in [-0.25, -0.2) is 0 Å². The van der Waals surface area contributed by atoms with Crippen LogP contribution in [-0.4, -0.2) is 31.4 Å². The molecule has 2 fully saturated rings. The Kier molecular flexibility index (Phi) is 3.89. The van der Waals surface area contributed by atoms with Crippen LogP contribution in [-0.2, 0) is 9.31 Å². The summed E-state index contributed by atoms with van der Waals surface area (Å²) < 4.78 is 12.2. The third-order valence-electron chi connectivity index (χ3n) is 5.27. The number of piperidine rings is 1. The van der Waals surface area contributed by atoms with E-state index in [-0.39, 0.29) is 18.3 Å². The highest BCUT2D eigenvalue weighted by atomic mass is 16.7. The van der Waals surface area contributed by atoms with Crippen molar-refractivity contribution in [3.8, 4) is 0 Å². The molecule has 0 atom stereocenters. The molecular weight excluding hydrogens is 261 g/mol. The largest absolute Gasteiger partial charge is 0.494 e. The molecular formula is C17H26BNO2. The van der Waals surface area contributed by atoms with E-state index in [2.05, 4.69) is 57.3 Å². The molecule has 1 aromatic rings. The van der Waals surface area contributed by atoms with Crippen molar-refractivity contribution in [3.05, 3.63) is 29.8 Å². The highest BCUT2D eigenvalue weighted by molar-refractivity contribution is 6.62. The quantitative estimate of drug-likeness (QED) is 0.848. The molecule has 4 heteroatoms. The average molecular weight is 287 g/mol. The summed E-state index contributed by atoms with van der Waals surface area (Å²) in [5.74, 6) is 0.693. The van der Waals surface area contributed by atoms with Crippen LogP contribution >= 0.6 is 0 Å². The van der Waals surface area contributed by atoms with E-state index >= 15 is 0 Å². The van der Waals surface area contributed by atoms with Crippen LogP contribution in [0.5, 0.6) is 0 Å². The molecule has 0 aromatic heterocycles. The first kappa shape index (κ1) is 15.1. The molecule has 2 saturated heterocycles. The van der Waals surface area contributed by atoms with E-state index in [1.807, 2.05) is 0 Å². The van der Waals surface area contributed by atoms with Gasteiger partial charge >= 0.3 is 7.12 Å². The van der Waals surface area contributed by atoms with Gasteiger partial charge in [0.15, 0.2) is 0 Å². The van der Waals surface area contributed by atoms with E-state index in [0.717, 1.165) is 18.6 Å². The van der Waals surface area contributed by atoms with Gasteiger partial charge in [0.25, 0.3) is 0 Å². The molecule has 1 aromatic carbocycles. The van der Waals surface area contributed by atoms with Gasteiger partial charge < -0.3 is 14.6 Å². The molecule has 0 saturated carbocycles. The van der Waals surface area contributed by atoms with Crippen molar-refractivity contribution in [3.63, 3.8) is 0 Å². The van der Waals surface area contributed by atoms with Crippen LogP contribution in [0.1, 0.15) is 52.0 Å². The lowest BCUT2D eigenvalue weighted by molar-refractivity contribution is 0.00578. The molecule has 114 valence electrons. The van der Waals surface area contributed by atoms with E-state index < -0.39 is 0 Å². The number of benzene rings is 1. The maximum Gasteiger partial charge on any atom is 0.494 e. The number of hydrogen-bond donors (Lipinski definition) is 1. The van der Waals surface area contributed by atoms with E-state index in [9.17, 15) is 0 Å². The summed E-state index contributed by atoms with van der Waals surface area (Å²) in [6.07, 6.45) is 2.46. The third-order valence-corrected chi connectivity index (χ3v) is 5.27. The van der Waals surface area contributed by atoms with Gasteiger partial charge in [-0.3, -0.25) is 0 Å². The first-order valence-corrected chi connectivity index (χ1v) is 8.05. The van der Waals surface area contributed by atoms with Crippen molar-refractivity contribution in [1.82, 2.24) is 5.32 Å². The van der Waals surface area contributed by atoms with Gasteiger partial charge in [-0.15, -0.1) is 0 Å². The minimum Gasteiger partial charge on any atom is -0.399 e. The summed E-state index contributed by atoms with van der Waals surface area (Å²) >= 11 is 0. The van der Waals surface area contributed by atoms with Crippen LogP contribution < -0.4 is 10.8 Å². The van der Waals surface area contributed by atoms with Gasteiger partial charge in [-0.2, -0.15) is 0 Å². The lowest BCUT2D eigenvalue weighted by atomic mass is 9.77. The van der Waals surface area contributed by atoms with Gasteiger partial charge in [0.2, 0.25) is 0 Å². The molecule has 2 aliphatic heterocycles. The molecule has 3 rings (SSSR count). The smallest absolute Gasteiger partial charge is 0.399 e. The van der Waals surface area contributed by atoms with Gasteiger partial charge in [0.05, 0.1) is 11.2 Å². The molecule has 0 unspecified atom stereocenters. The summed E-state index contributed by atoms with van der Waals surface area (Å²) in [5.41, 5.74) is 2.01. The molecule has 2 heterocycles. The van der Waals surface area contributed by atoms with Gasteiger partial charge in [-0.05, 0) is 70.6 Å². The number of rotatable bonds is 2. The summed E-state index contributed by atoms with van der Waals surface area (Å²) in [6.45, 7) is 10.6. The Morgan fingerprint density at radius 1 is 0.952 bits per heavy atom. The lowest BCUT2D eigenvalue weighted by Gasteiger charge is -2.32. The van der Waals surface area contributed by atoms with Crippen molar-refractivity contribution < 1.29 is 9.31 Å². The van der Waals surface area contributed by atoms with E-state index in [1.165, 1.54) is 18.4 Å². The van der Waals surface area contributed by atoms with E-state index in [4.69, 9.17) is 9.31 Å². The Balaban J connectivity index is 1.73. The zero-order valence-electron chi connectivity index (χ0n) is 13.6. The lowest BCUT2D eigenvalue weighted by Crippen LogP contribution is -2.41. The SMILES string of the molecule is CC1(C)OB(c2ccc(C3CCNCC3)cc2)OC1(C)C. The van der Waals surface area contributed by atoms with Crippen LogP contribution in [0.3, 0.4) is 0 Å². The molecule has 0 amide bonds. The topological polar surface area (TPSA) is 30.5 Å². The molecule has 2 aliphatic rings. The van der Waals surface area contributed by atoms with E-state index in [0.29, 0.717) is 5.92 Å². The van der Waals surface area contributed by atoms with Gasteiger partial charge in [0.1, 0.15) is 0 Å². The minimum absolute atomic E-state index is 0.253. The number of hydrogen-bond acceptors (Lipinski definition) is 3. The van der Waals surface area contributed by atoms with Gasteiger partial charge in [-0.1, -0.05) is 24.3 Å². The zero-order chi connectivity index (χ0) is 15.1. The zero-order valence-corrected chi connectivity index (χ0v) is 13.6. The standard InChI is InChI=1S/C17H26BNO2/c1-16(2)17(3,4)21-18(20-16)15-7-5-13(6-8-15)14-9-11-19-12-10-14/h5-8,14,19H,9-12H2,1-4H3. The monoisotopic (exact) mass is 287 g/mol. The fourth-order valence-corrected chi connectivity index (χ4v) is 3.06. The van der Waals surface area contributed by atoms with E-state index in [1.54, 1.807) is 0 Å². The normalized spacial score (nSPS) is 25.2. The van der Waals surface area contributed by atoms with Gasteiger partial charge in [0, 0.05) is 0 Å². The second-order valence-corrected chi connectivity index (χ2v) is 7.28. The second-order valence-electron chi connectivity index (χ2n) is 7.28. The Morgan fingerprint density at radius 2 is 1.48 bits per heavy atom. The van der Waals surface area contributed by atoms with Crippen LogP contribution in [0.2, 0.25) is 0 Å². The van der Waals surface area contributed by atoms with Crippen LogP contribution in [0, 0.1) is 0 Å². The third kappa shape index (κ3) is 2.89. The van der Waals surface area contributed by atoms with Crippen molar-refractivity contribution in [1.29, 1.82) is 0 Å². The average Bonchev–Trinajstić information content (AvgIpc) is 2.69. The summed E-state index contributed by atoms with van der Waals surface area (Å²) in [5, 5.41) is 3.42. The fourth-order valence-electron chi connectivity index (χ4n) is 3.06. The highest BCUT2D eigenvalue weighted by Crippen LogP contribution is 2.36. The molecule has 0 spiro atoms. The second kappa shape index (κ2) is 5.42. The maximum absolute atomic E-state index is 6.10. The van der Waals surface area contributed by atoms with Crippen molar-refractivity contribution in [2.24, 2.45) is 0 Å². The Bertz CT molecular complexity index is 476. The summed E-state index contributed by atoms with van der Waals surface area (Å²) in [6, 6.07) is 8.83. The Labute approximate surface area is 128 Å². The molecule has 3 nitrogen and oxygen atoms in total. The number of nitrogens with one attached hydrogen (secondary N) is 1. The van der Waals surface area contributed by atoms with Crippen LogP contribution in [0.15, 0.2) is 24.3 Å². The summed E-state index contributed by atoms with van der Waals surface area (Å²) in [7, 11) is -0.253. The van der Waals surface area contributed by atoms with Crippen LogP contribution in [0.25, 0.3) is 0 Å². The first-order valence-electron chi connectivity index (χ1n) is 8.05. The van der Waals surface area contributed by atoms with Crippen molar-refractivity contribution >= 4 is 12.6 Å². The molecule has 21 heavy (non-hydrogen) atoms. The highest BCUT2D eigenvalue weighted by Gasteiger charge is 2.51. The Morgan fingerprint density at radius 3 is 2.00 bits per heavy atom. The van der Waals surface area contributed by atoms with Crippen molar-refractivity contribution in [2.75, 3.05) is 13.1 Å². The summed E-state index contributed by atoms with van der Waals surface area (Å²) in [4.78, 5) is 0. The van der Waals surface area contributed by atoms with Crippen molar-refractivity contribution in [2.45, 2.75) is 57.7 Å². The van der Waals surface area contributed by atoms with Crippen LogP contribution in [0.4, 0.5) is 0 Å². The molecule has 0 bridgehead atoms. The Hall–Kier alpha value is -0.835. The molecule has 0 radical (unpaired) electrons.